The molecule has 0 aliphatic carbocycles. The molecule has 0 radical (unpaired) electrons. The van der Waals surface area contributed by atoms with Crippen molar-refractivity contribution in [1.29, 1.82) is 0 Å². The van der Waals surface area contributed by atoms with Gasteiger partial charge in [-0.25, -0.2) is 9.82 Å². The van der Waals surface area contributed by atoms with Crippen molar-refractivity contribution in [1.82, 2.24) is 5.43 Å². The topological polar surface area (TPSA) is 41.5 Å². The van der Waals surface area contributed by atoms with Crippen molar-refractivity contribution < 1.29 is 9.18 Å². The Kier molecular flexibility index (Phi) is 4.99. The summed E-state index contributed by atoms with van der Waals surface area (Å²) in [4.78, 5) is 11.8. The van der Waals surface area contributed by atoms with E-state index >= 15 is 0 Å². The van der Waals surface area contributed by atoms with Crippen molar-refractivity contribution >= 4 is 17.7 Å². The maximum Gasteiger partial charge on any atom is 0.271 e. The lowest BCUT2D eigenvalue weighted by Gasteiger charge is -2.00. The molecule has 0 atom stereocenters. The summed E-state index contributed by atoms with van der Waals surface area (Å²) in [5.41, 5.74) is 4.03. The van der Waals surface area contributed by atoms with Crippen LogP contribution in [0.3, 0.4) is 0 Å². The SMILES string of the molecule is CC(/C=C/c1ccccc1F)=N/NC(=O)c1ccccc1. The maximum atomic E-state index is 13.4. The van der Waals surface area contributed by atoms with E-state index < -0.39 is 0 Å². The number of nitrogens with one attached hydrogen (secondary N) is 1. The Balaban J connectivity index is 1.99. The van der Waals surface area contributed by atoms with Crippen molar-refractivity contribution in [3.63, 3.8) is 0 Å². The third kappa shape index (κ3) is 4.38. The van der Waals surface area contributed by atoms with Crippen molar-refractivity contribution in [3.8, 4) is 0 Å². The van der Waals surface area contributed by atoms with Crippen LogP contribution in [0.25, 0.3) is 6.08 Å². The second-order valence-electron chi connectivity index (χ2n) is 4.41. The Labute approximate surface area is 122 Å². The molecule has 0 aromatic heterocycles. The lowest BCUT2D eigenvalue weighted by atomic mass is 10.2. The molecule has 0 fully saturated rings. The largest absolute Gasteiger partial charge is 0.271 e. The number of benzene rings is 2. The van der Waals surface area contributed by atoms with E-state index in [0.29, 0.717) is 16.8 Å². The molecule has 1 N–H and O–H groups in total. The van der Waals surface area contributed by atoms with Gasteiger partial charge in [0.25, 0.3) is 5.91 Å². The standard InChI is InChI=1S/C17H15FN2O/c1-13(11-12-14-7-5-6-10-16(14)18)19-20-17(21)15-8-3-2-4-9-15/h2-12H,1H3,(H,20,21)/b12-11+,19-13-. The van der Waals surface area contributed by atoms with Gasteiger partial charge in [0.15, 0.2) is 0 Å². The summed E-state index contributed by atoms with van der Waals surface area (Å²) in [6.45, 7) is 1.72. The number of rotatable bonds is 4. The summed E-state index contributed by atoms with van der Waals surface area (Å²) in [5.74, 6) is -0.580. The number of hydrogen-bond donors (Lipinski definition) is 1. The van der Waals surface area contributed by atoms with E-state index in [0.717, 1.165) is 0 Å². The van der Waals surface area contributed by atoms with E-state index in [9.17, 15) is 9.18 Å². The van der Waals surface area contributed by atoms with Gasteiger partial charge in [-0.1, -0.05) is 42.5 Å². The minimum Gasteiger partial charge on any atom is -0.267 e. The maximum absolute atomic E-state index is 13.4. The van der Waals surface area contributed by atoms with Gasteiger partial charge in [0.05, 0.1) is 5.71 Å². The lowest BCUT2D eigenvalue weighted by molar-refractivity contribution is 0.0955. The average molecular weight is 282 g/mol. The highest BCUT2D eigenvalue weighted by Crippen LogP contribution is 2.08. The summed E-state index contributed by atoms with van der Waals surface area (Å²) in [6, 6.07) is 15.3. The van der Waals surface area contributed by atoms with Crippen LogP contribution in [0.4, 0.5) is 4.39 Å². The summed E-state index contributed by atoms with van der Waals surface area (Å²) in [5, 5.41) is 3.95. The highest BCUT2D eigenvalue weighted by molar-refractivity contribution is 5.99. The molecular formula is C17H15FN2O. The van der Waals surface area contributed by atoms with Gasteiger partial charge in [-0.05, 0) is 31.2 Å². The van der Waals surface area contributed by atoms with Crippen LogP contribution in [-0.2, 0) is 0 Å². The van der Waals surface area contributed by atoms with Gasteiger partial charge in [0.1, 0.15) is 5.82 Å². The van der Waals surface area contributed by atoms with E-state index in [-0.39, 0.29) is 11.7 Å². The summed E-state index contributed by atoms with van der Waals surface area (Å²) < 4.78 is 13.4. The summed E-state index contributed by atoms with van der Waals surface area (Å²) in [7, 11) is 0. The summed E-state index contributed by atoms with van der Waals surface area (Å²) in [6.07, 6.45) is 3.26. The van der Waals surface area contributed by atoms with Crippen LogP contribution >= 0.6 is 0 Å². The number of carbonyl (C=O) groups is 1. The van der Waals surface area contributed by atoms with Crippen molar-refractivity contribution in [2.75, 3.05) is 0 Å². The van der Waals surface area contributed by atoms with Crippen molar-refractivity contribution in [3.05, 3.63) is 77.6 Å². The molecule has 1 amide bonds. The van der Waals surface area contributed by atoms with Gasteiger partial charge in [-0.15, -0.1) is 0 Å². The number of halogens is 1. The number of hydrogen-bond acceptors (Lipinski definition) is 2. The minimum atomic E-state index is -0.296. The first-order valence-corrected chi connectivity index (χ1v) is 6.49. The van der Waals surface area contributed by atoms with Gasteiger partial charge < -0.3 is 0 Å². The van der Waals surface area contributed by atoms with E-state index in [2.05, 4.69) is 10.5 Å². The molecule has 0 saturated carbocycles. The molecular weight excluding hydrogens is 267 g/mol. The Morgan fingerprint density at radius 3 is 2.48 bits per heavy atom. The highest BCUT2D eigenvalue weighted by atomic mass is 19.1. The molecule has 4 heteroatoms. The monoisotopic (exact) mass is 282 g/mol. The molecule has 2 aromatic rings. The molecule has 0 spiro atoms. The number of allylic oxidation sites excluding steroid dienone is 1. The average Bonchev–Trinajstić information content (AvgIpc) is 2.52. The van der Waals surface area contributed by atoms with E-state index in [1.165, 1.54) is 6.07 Å². The van der Waals surface area contributed by atoms with Crippen LogP contribution in [0.5, 0.6) is 0 Å². The quantitative estimate of drug-likeness (QED) is 0.675. The molecule has 0 saturated heterocycles. The molecule has 0 unspecified atom stereocenters. The van der Waals surface area contributed by atoms with Gasteiger partial charge in [-0.3, -0.25) is 4.79 Å². The highest BCUT2D eigenvalue weighted by Gasteiger charge is 2.02. The smallest absolute Gasteiger partial charge is 0.267 e. The molecule has 2 aromatic carbocycles. The number of hydrazone groups is 1. The van der Waals surface area contributed by atoms with Crippen LogP contribution in [0, 0.1) is 5.82 Å². The van der Waals surface area contributed by atoms with Gasteiger partial charge >= 0.3 is 0 Å². The summed E-state index contributed by atoms with van der Waals surface area (Å²) >= 11 is 0. The zero-order valence-corrected chi connectivity index (χ0v) is 11.6. The van der Waals surface area contributed by atoms with Crippen LogP contribution in [0.2, 0.25) is 0 Å². The molecule has 2 rings (SSSR count). The molecule has 0 heterocycles. The number of nitrogens with zero attached hydrogens (tertiary/aromatic N) is 1. The van der Waals surface area contributed by atoms with Crippen molar-refractivity contribution in [2.45, 2.75) is 6.92 Å². The van der Waals surface area contributed by atoms with Gasteiger partial charge in [0.2, 0.25) is 0 Å². The Bertz CT molecular complexity index is 678. The van der Waals surface area contributed by atoms with Gasteiger partial charge in [0, 0.05) is 11.1 Å². The fourth-order valence-corrected chi connectivity index (χ4v) is 1.65. The fourth-order valence-electron chi connectivity index (χ4n) is 1.65. The number of amides is 1. The first-order valence-electron chi connectivity index (χ1n) is 6.49. The molecule has 3 nitrogen and oxygen atoms in total. The molecule has 0 aliphatic rings. The second-order valence-corrected chi connectivity index (χ2v) is 4.41. The third-order valence-corrected chi connectivity index (χ3v) is 2.78. The Morgan fingerprint density at radius 2 is 1.76 bits per heavy atom. The van der Waals surface area contributed by atoms with Crippen LogP contribution in [0.1, 0.15) is 22.8 Å². The second kappa shape index (κ2) is 7.14. The zero-order valence-electron chi connectivity index (χ0n) is 11.6. The first-order chi connectivity index (χ1) is 10.2. The van der Waals surface area contributed by atoms with E-state index in [1.54, 1.807) is 61.5 Å². The van der Waals surface area contributed by atoms with Gasteiger partial charge in [-0.2, -0.15) is 5.10 Å². The first kappa shape index (κ1) is 14.7. The molecule has 0 bridgehead atoms. The van der Waals surface area contributed by atoms with Crippen molar-refractivity contribution in [2.24, 2.45) is 5.10 Å². The third-order valence-electron chi connectivity index (χ3n) is 2.78. The van der Waals surface area contributed by atoms with E-state index in [1.807, 2.05) is 6.07 Å². The van der Waals surface area contributed by atoms with Crippen LogP contribution < -0.4 is 5.43 Å². The minimum absolute atomic E-state index is 0.283. The Hall–Kier alpha value is -2.75. The normalized spacial score (nSPS) is 11.6. The van der Waals surface area contributed by atoms with Crippen LogP contribution in [0.15, 0.2) is 65.8 Å². The fraction of sp³-hybridized carbons (Fsp3) is 0.0588. The lowest BCUT2D eigenvalue weighted by Crippen LogP contribution is -2.18. The molecule has 106 valence electrons. The van der Waals surface area contributed by atoms with E-state index in [4.69, 9.17) is 0 Å². The number of carbonyl (C=O) groups excluding carboxylic acids is 1. The van der Waals surface area contributed by atoms with Crippen LogP contribution in [-0.4, -0.2) is 11.6 Å². The molecule has 0 aliphatic heterocycles. The zero-order chi connectivity index (χ0) is 15.1. The predicted octanol–water partition coefficient (Wildman–Crippen LogP) is 3.64. The molecule has 21 heavy (non-hydrogen) atoms. The Morgan fingerprint density at radius 1 is 1.10 bits per heavy atom. The predicted molar refractivity (Wildman–Crippen MR) is 82.5 cm³/mol.